The highest BCUT2D eigenvalue weighted by Crippen LogP contribution is 2.27. The van der Waals surface area contributed by atoms with Crippen LogP contribution in [0.3, 0.4) is 0 Å². The summed E-state index contributed by atoms with van der Waals surface area (Å²) in [5, 5.41) is 3.52. The van der Waals surface area contributed by atoms with E-state index in [0.717, 1.165) is 41.2 Å². The Labute approximate surface area is 185 Å². The summed E-state index contributed by atoms with van der Waals surface area (Å²) in [6.07, 6.45) is 2.30. The Kier molecular flexibility index (Phi) is 6.38. The molecule has 2 aromatic heterocycles. The van der Waals surface area contributed by atoms with Gasteiger partial charge in [-0.2, -0.15) is 0 Å². The topological polar surface area (TPSA) is 76.5 Å². The quantitative estimate of drug-likeness (QED) is 0.606. The number of hydrogen-bond acceptors (Lipinski definition) is 6. The van der Waals surface area contributed by atoms with Gasteiger partial charge >= 0.3 is 0 Å². The molecule has 0 unspecified atom stereocenters. The van der Waals surface area contributed by atoms with E-state index in [-0.39, 0.29) is 18.0 Å². The van der Waals surface area contributed by atoms with Crippen LogP contribution >= 0.6 is 11.3 Å². The van der Waals surface area contributed by atoms with Gasteiger partial charge in [0, 0.05) is 4.88 Å². The number of hydrogen-bond donors (Lipinski definition) is 1. The van der Waals surface area contributed by atoms with E-state index in [0.29, 0.717) is 35.8 Å². The summed E-state index contributed by atoms with van der Waals surface area (Å²) in [6.45, 7) is 8.82. The molecule has 164 valence electrons. The van der Waals surface area contributed by atoms with Crippen molar-refractivity contribution in [2.75, 3.05) is 25.0 Å². The molecule has 0 spiro atoms. The van der Waals surface area contributed by atoms with E-state index < -0.39 is 0 Å². The number of likely N-dealkylation sites (tertiary alicyclic amines) is 1. The number of anilines is 1. The average Bonchev–Trinajstić information content (AvgIpc) is 3.35. The summed E-state index contributed by atoms with van der Waals surface area (Å²) in [5.41, 5.74) is 1.40. The molecule has 0 radical (unpaired) electrons. The molecule has 31 heavy (non-hydrogen) atoms. The van der Waals surface area contributed by atoms with Crippen LogP contribution in [0.2, 0.25) is 0 Å². The van der Waals surface area contributed by atoms with Crippen LogP contribution in [0.15, 0.2) is 29.1 Å². The number of thiophene rings is 1. The number of amides is 1. The molecule has 0 atom stereocenters. The molecule has 4 rings (SSSR count). The molecular formula is C23H28N4O3S. The lowest BCUT2D eigenvalue weighted by Crippen LogP contribution is -2.33. The number of para-hydroxylation sites is 2. The zero-order valence-corrected chi connectivity index (χ0v) is 19.1. The van der Waals surface area contributed by atoms with Gasteiger partial charge < -0.3 is 10.1 Å². The van der Waals surface area contributed by atoms with Crippen LogP contribution in [0.1, 0.15) is 36.0 Å². The molecule has 1 aliphatic rings. The molecule has 1 saturated heterocycles. The van der Waals surface area contributed by atoms with E-state index in [4.69, 9.17) is 9.72 Å². The molecule has 1 fully saturated rings. The van der Waals surface area contributed by atoms with Crippen molar-refractivity contribution in [1.82, 2.24) is 14.5 Å². The van der Waals surface area contributed by atoms with Gasteiger partial charge in [-0.1, -0.05) is 12.1 Å². The highest BCUT2D eigenvalue weighted by Gasteiger charge is 2.21. The van der Waals surface area contributed by atoms with E-state index >= 15 is 0 Å². The summed E-state index contributed by atoms with van der Waals surface area (Å²) >= 11 is 1.54. The lowest BCUT2D eigenvalue weighted by molar-refractivity contribution is -0.116. The summed E-state index contributed by atoms with van der Waals surface area (Å²) in [4.78, 5) is 35.3. The van der Waals surface area contributed by atoms with Gasteiger partial charge in [0.25, 0.3) is 5.56 Å². The molecule has 0 saturated carbocycles. The Bertz CT molecular complexity index is 1160. The second kappa shape index (κ2) is 9.20. The first-order valence-electron chi connectivity index (χ1n) is 10.7. The van der Waals surface area contributed by atoms with Gasteiger partial charge in [0.2, 0.25) is 5.91 Å². The minimum atomic E-state index is -0.275. The van der Waals surface area contributed by atoms with Crippen molar-refractivity contribution in [3.63, 3.8) is 0 Å². The van der Waals surface area contributed by atoms with Crippen molar-refractivity contribution >= 4 is 33.1 Å². The minimum Gasteiger partial charge on any atom is -0.492 e. The highest BCUT2D eigenvalue weighted by molar-refractivity contribution is 7.18. The first kappa shape index (κ1) is 21.5. The first-order chi connectivity index (χ1) is 15.0. The number of carbonyl (C=O) groups excluding carboxylic acids is 1. The highest BCUT2D eigenvalue weighted by atomic mass is 32.1. The van der Waals surface area contributed by atoms with Crippen LogP contribution in [-0.2, 0) is 17.9 Å². The van der Waals surface area contributed by atoms with E-state index in [2.05, 4.69) is 10.2 Å². The molecule has 1 aromatic carbocycles. The van der Waals surface area contributed by atoms with Crippen LogP contribution < -0.4 is 15.6 Å². The van der Waals surface area contributed by atoms with Gasteiger partial charge in [-0.15, -0.1) is 11.3 Å². The molecule has 3 aromatic rings. The number of benzene rings is 1. The zero-order valence-electron chi connectivity index (χ0n) is 18.2. The predicted octanol–water partition coefficient (Wildman–Crippen LogP) is 3.71. The maximum atomic E-state index is 13.4. The third-order valence-electron chi connectivity index (χ3n) is 5.69. The monoisotopic (exact) mass is 440 g/mol. The molecule has 0 aliphatic carbocycles. The summed E-state index contributed by atoms with van der Waals surface area (Å²) in [6, 6.07) is 7.31. The Balaban J connectivity index is 1.68. The fourth-order valence-corrected chi connectivity index (χ4v) is 5.02. The van der Waals surface area contributed by atoms with Crippen LogP contribution in [0.25, 0.3) is 10.2 Å². The van der Waals surface area contributed by atoms with E-state index in [1.165, 1.54) is 0 Å². The second-order valence-corrected chi connectivity index (χ2v) is 9.05. The number of fused-ring (bicyclic) bond motifs is 1. The Morgan fingerprint density at radius 1 is 1.23 bits per heavy atom. The van der Waals surface area contributed by atoms with Gasteiger partial charge in [-0.05, 0) is 64.4 Å². The molecule has 3 heterocycles. The largest absolute Gasteiger partial charge is 0.492 e. The molecule has 1 N–H and O–H groups in total. The third kappa shape index (κ3) is 4.50. The molecule has 1 amide bonds. The third-order valence-corrected chi connectivity index (χ3v) is 6.80. The van der Waals surface area contributed by atoms with Crippen LogP contribution in [0.4, 0.5) is 5.69 Å². The molecule has 1 aliphatic heterocycles. The summed E-state index contributed by atoms with van der Waals surface area (Å²) < 4.78 is 7.14. The number of aromatic nitrogens is 2. The van der Waals surface area contributed by atoms with Crippen LogP contribution in [0.5, 0.6) is 5.75 Å². The SMILES string of the molecule is CCOc1ccccc1NC(=O)Cn1c(CN2CCCC2)nc2sc(C)c(C)c2c1=O. The van der Waals surface area contributed by atoms with Gasteiger partial charge in [-0.3, -0.25) is 19.1 Å². The van der Waals surface area contributed by atoms with Gasteiger partial charge in [0.05, 0.1) is 24.2 Å². The van der Waals surface area contributed by atoms with Crippen molar-refractivity contribution in [1.29, 1.82) is 0 Å². The molecular weight excluding hydrogens is 412 g/mol. The Morgan fingerprint density at radius 2 is 1.97 bits per heavy atom. The summed E-state index contributed by atoms with van der Waals surface area (Å²) in [7, 11) is 0. The smallest absolute Gasteiger partial charge is 0.263 e. The van der Waals surface area contributed by atoms with Gasteiger partial charge in [0.1, 0.15) is 22.9 Å². The van der Waals surface area contributed by atoms with E-state index in [1.807, 2.05) is 39.0 Å². The number of rotatable bonds is 7. The molecule has 0 bridgehead atoms. The maximum Gasteiger partial charge on any atom is 0.263 e. The minimum absolute atomic E-state index is 0.0836. The number of nitrogens with one attached hydrogen (secondary N) is 1. The molecule has 8 heteroatoms. The maximum absolute atomic E-state index is 13.4. The number of ether oxygens (including phenoxy) is 1. The predicted molar refractivity (Wildman–Crippen MR) is 124 cm³/mol. The van der Waals surface area contributed by atoms with Crippen molar-refractivity contribution in [3.05, 3.63) is 50.9 Å². The number of nitrogens with zero attached hydrogens (tertiary/aromatic N) is 3. The Morgan fingerprint density at radius 3 is 2.71 bits per heavy atom. The normalized spacial score (nSPS) is 14.3. The van der Waals surface area contributed by atoms with Crippen molar-refractivity contribution < 1.29 is 9.53 Å². The molecule has 7 nitrogen and oxygen atoms in total. The van der Waals surface area contributed by atoms with Gasteiger partial charge in [-0.25, -0.2) is 4.98 Å². The lowest BCUT2D eigenvalue weighted by atomic mass is 10.2. The van der Waals surface area contributed by atoms with E-state index in [9.17, 15) is 9.59 Å². The van der Waals surface area contributed by atoms with Crippen LogP contribution in [0, 0.1) is 13.8 Å². The number of carbonyl (C=O) groups is 1. The van der Waals surface area contributed by atoms with Crippen LogP contribution in [-0.4, -0.2) is 40.1 Å². The second-order valence-electron chi connectivity index (χ2n) is 7.84. The standard InChI is InChI=1S/C23H28N4O3S/c1-4-30-18-10-6-5-9-17(18)24-20(28)14-27-19(13-26-11-7-8-12-26)25-22-21(23(27)29)15(2)16(3)31-22/h5-6,9-10H,4,7-8,11-14H2,1-3H3,(H,24,28). The fraction of sp³-hybridized carbons (Fsp3) is 0.435. The average molecular weight is 441 g/mol. The lowest BCUT2D eigenvalue weighted by Gasteiger charge is -2.18. The Hall–Kier alpha value is -2.71. The number of aryl methyl sites for hydroxylation is 2. The fourth-order valence-electron chi connectivity index (χ4n) is 3.98. The zero-order chi connectivity index (χ0) is 22.0. The van der Waals surface area contributed by atoms with E-state index in [1.54, 1.807) is 22.0 Å². The van der Waals surface area contributed by atoms with Crippen molar-refractivity contribution in [2.24, 2.45) is 0 Å². The van der Waals surface area contributed by atoms with Crippen molar-refractivity contribution in [2.45, 2.75) is 46.7 Å². The first-order valence-corrected chi connectivity index (χ1v) is 11.5. The van der Waals surface area contributed by atoms with Crippen molar-refractivity contribution in [3.8, 4) is 5.75 Å². The summed E-state index contributed by atoms with van der Waals surface area (Å²) in [5.74, 6) is 0.984. The van der Waals surface area contributed by atoms with Gasteiger partial charge in [0.15, 0.2) is 0 Å².